The van der Waals surface area contributed by atoms with Gasteiger partial charge in [0.25, 0.3) is 6.20 Å². The molecule has 2 aromatic heterocycles. The number of rotatable bonds is 1. The van der Waals surface area contributed by atoms with E-state index in [1.54, 1.807) is 0 Å². The van der Waals surface area contributed by atoms with E-state index in [1.165, 1.54) is 0 Å². The Bertz CT molecular complexity index is 565. The molecule has 0 aliphatic heterocycles. The van der Waals surface area contributed by atoms with Crippen molar-refractivity contribution in [2.75, 3.05) is 0 Å². The van der Waals surface area contributed by atoms with Crippen LogP contribution >= 0.6 is 0 Å². The molecule has 0 aliphatic rings. The zero-order valence-corrected chi connectivity index (χ0v) is 6.68. The van der Waals surface area contributed by atoms with Crippen LogP contribution < -0.4 is 21.0 Å². The van der Waals surface area contributed by atoms with E-state index in [2.05, 4.69) is 14.8 Å². The van der Waals surface area contributed by atoms with Crippen molar-refractivity contribution in [2.45, 2.75) is 0 Å². The third-order valence-corrected chi connectivity index (χ3v) is 1.50. The van der Waals surface area contributed by atoms with Crippen molar-refractivity contribution in [1.29, 1.82) is 0 Å². The lowest BCUT2D eigenvalue weighted by Crippen LogP contribution is -2.39. The average Bonchev–Trinajstić information content (AvgIpc) is 2.51. The molecular weight excluding hydrogens is 192 g/mol. The fourth-order valence-corrected chi connectivity index (χ4v) is 0.914. The summed E-state index contributed by atoms with van der Waals surface area (Å²) in [5, 5.41) is 12.8. The third-order valence-electron chi connectivity index (χ3n) is 1.50. The topological polar surface area (TPSA) is 119 Å². The molecule has 0 aliphatic carbocycles. The summed E-state index contributed by atoms with van der Waals surface area (Å²) in [6, 6.07) is -0.745. The minimum atomic E-state index is -0.745. The van der Waals surface area contributed by atoms with Gasteiger partial charge in [0.2, 0.25) is 0 Å². The van der Waals surface area contributed by atoms with Crippen LogP contribution in [-0.2, 0) is 0 Å². The van der Waals surface area contributed by atoms with Crippen LogP contribution in [0.4, 0.5) is 0 Å². The Kier molecular flexibility index (Phi) is 1.67. The monoisotopic (exact) mass is 196 g/mol. The Morgan fingerprint density at radius 2 is 2.29 bits per heavy atom. The summed E-state index contributed by atoms with van der Waals surface area (Å²) in [7, 11) is 0. The summed E-state index contributed by atoms with van der Waals surface area (Å²) in [5.41, 5.74) is -1.31. The minimum Gasteiger partial charge on any atom is -0.846 e. The molecule has 0 atom stereocenters. The number of hydrogen-bond donors (Lipinski definition) is 2. The lowest BCUT2D eigenvalue weighted by molar-refractivity contribution is -0.671. The summed E-state index contributed by atoms with van der Waals surface area (Å²) in [6.45, 7) is 0. The Balaban J connectivity index is 2.63. The molecule has 2 rings (SSSR count). The Hall–Kier alpha value is -2.38. The Labute approximate surface area is 75.4 Å². The molecule has 0 radical (unpaired) electrons. The maximum absolute atomic E-state index is 11.2. The molecule has 0 amide bonds. The number of hydrogen-bond acceptors (Lipinski definition) is 5. The van der Waals surface area contributed by atoms with Crippen LogP contribution in [-0.4, -0.2) is 15.2 Å². The number of aromatic nitrogens is 4. The van der Waals surface area contributed by atoms with Crippen LogP contribution in [0.15, 0.2) is 26.5 Å². The highest BCUT2D eigenvalue weighted by atomic mass is 16.5. The van der Waals surface area contributed by atoms with Gasteiger partial charge in [0, 0.05) is 0 Å². The second-order valence-electron chi connectivity index (χ2n) is 2.41. The smallest absolute Gasteiger partial charge is 0.427 e. The highest BCUT2D eigenvalue weighted by molar-refractivity contribution is 5.12. The molecule has 0 unspecified atom stereocenters. The zero-order valence-electron chi connectivity index (χ0n) is 6.68. The van der Waals surface area contributed by atoms with Gasteiger partial charge in [-0.1, -0.05) is 0 Å². The van der Waals surface area contributed by atoms with Gasteiger partial charge in [-0.25, -0.2) is 9.78 Å². The van der Waals surface area contributed by atoms with Crippen molar-refractivity contribution < 1.29 is 14.3 Å². The summed E-state index contributed by atoms with van der Waals surface area (Å²) in [6.07, 6.45) is 2.04. The van der Waals surface area contributed by atoms with Crippen LogP contribution in [0, 0.1) is 0 Å². The van der Waals surface area contributed by atoms with Crippen molar-refractivity contribution in [3.63, 3.8) is 0 Å². The predicted octanol–water partition coefficient (Wildman–Crippen LogP) is -2.60. The van der Waals surface area contributed by atoms with E-state index in [1.807, 2.05) is 4.98 Å². The van der Waals surface area contributed by atoms with Gasteiger partial charge in [0.1, 0.15) is 6.20 Å². The number of nitrogens with one attached hydrogen (secondary N) is 2. The molecule has 0 spiro atoms. The lowest BCUT2D eigenvalue weighted by Gasteiger charge is -1.99. The van der Waals surface area contributed by atoms with E-state index < -0.39 is 17.2 Å². The van der Waals surface area contributed by atoms with Crippen LogP contribution in [0.2, 0.25) is 0 Å². The van der Waals surface area contributed by atoms with Crippen LogP contribution in [0.3, 0.4) is 0 Å². The van der Waals surface area contributed by atoms with Gasteiger partial charge in [0.15, 0.2) is 0 Å². The van der Waals surface area contributed by atoms with Gasteiger partial charge in [-0.3, -0.25) is 9.32 Å². The summed E-state index contributed by atoms with van der Waals surface area (Å²) < 4.78 is 5.35. The van der Waals surface area contributed by atoms with Gasteiger partial charge in [0.05, 0.1) is 6.01 Å². The molecule has 0 bridgehead atoms. The van der Waals surface area contributed by atoms with E-state index >= 15 is 0 Å². The molecule has 0 saturated heterocycles. The second-order valence-corrected chi connectivity index (χ2v) is 2.41. The van der Waals surface area contributed by atoms with E-state index in [0.29, 0.717) is 0 Å². The highest BCUT2D eigenvalue weighted by Gasteiger charge is 2.14. The molecule has 8 heteroatoms. The number of H-pyrrole nitrogens is 2. The molecule has 2 N–H and O–H groups in total. The summed E-state index contributed by atoms with van der Waals surface area (Å²) in [5.74, 6) is 0. The first kappa shape index (κ1) is 8.23. The number of nitrogens with zero attached hydrogens (tertiary/aromatic N) is 2. The maximum atomic E-state index is 11.2. The van der Waals surface area contributed by atoms with Crippen LogP contribution in [0.1, 0.15) is 0 Å². The third kappa shape index (κ3) is 1.28. The van der Waals surface area contributed by atoms with Crippen molar-refractivity contribution >= 4 is 0 Å². The maximum Gasteiger partial charge on any atom is 0.427 e. The largest absolute Gasteiger partial charge is 0.846 e. The van der Waals surface area contributed by atoms with Gasteiger partial charge >= 0.3 is 16.9 Å². The lowest BCUT2D eigenvalue weighted by atomic mass is 10.5. The average molecular weight is 196 g/mol. The molecular formula is C6H4N4O4. The van der Waals surface area contributed by atoms with Crippen LogP contribution in [0.5, 0.6) is 6.01 Å². The molecule has 8 nitrogen and oxygen atoms in total. The minimum absolute atomic E-state index is 0.00421. The first-order valence-corrected chi connectivity index (χ1v) is 3.54. The van der Waals surface area contributed by atoms with E-state index in [9.17, 15) is 14.7 Å². The molecule has 2 aromatic rings. The zero-order chi connectivity index (χ0) is 10.1. The highest BCUT2D eigenvalue weighted by Crippen LogP contribution is 1.88. The Morgan fingerprint density at radius 3 is 2.86 bits per heavy atom. The normalized spacial score (nSPS) is 10.3. The first-order valence-electron chi connectivity index (χ1n) is 3.54. The molecule has 2 heterocycles. The SMILES string of the molecule is O=c1c[n+](-c2cnc([O-])[nH]c2=O)[nH]o1. The van der Waals surface area contributed by atoms with E-state index in [0.717, 1.165) is 17.1 Å². The number of aromatic amines is 2. The first-order chi connectivity index (χ1) is 6.66. The van der Waals surface area contributed by atoms with Crippen molar-refractivity contribution in [3.05, 3.63) is 33.2 Å². The van der Waals surface area contributed by atoms with Gasteiger partial charge in [-0.2, -0.15) is 0 Å². The summed E-state index contributed by atoms with van der Waals surface area (Å²) >= 11 is 0. The van der Waals surface area contributed by atoms with Crippen molar-refractivity contribution in [2.24, 2.45) is 0 Å². The van der Waals surface area contributed by atoms with Gasteiger partial charge in [-0.05, 0) is 9.95 Å². The summed E-state index contributed by atoms with van der Waals surface area (Å²) in [4.78, 5) is 27.1. The Morgan fingerprint density at radius 1 is 1.50 bits per heavy atom. The van der Waals surface area contributed by atoms with E-state index in [-0.39, 0.29) is 5.69 Å². The molecule has 0 fully saturated rings. The molecule has 72 valence electrons. The standard InChI is InChI=1S/C6H4N4O4/c11-4-2-10(9-14-4)3-1-7-6(13)8-5(3)12/h1-2H,(H2-,7,8,9,11,12,13). The predicted molar refractivity (Wildman–Crippen MR) is 38.7 cm³/mol. The van der Waals surface area contributed by atoms with Crippen molar-refractivity contribution in [1.82, 2.24) is 15.2 Å². The molecule has 14 heavy (non-hydrogen) atoms. The van der Waals surface area contributed by atoms with E-state index in [4.69, 9.17) is 0 Å². The molecule has 0 saturated carbocycles. The fourth-order valence-electron chi connectivity index (χ4n) is 0.914. The van der Waals surface area contributed by atoms with Gasteiger partial charge < -0.3 is 10.1 Å². The molecule has 0 aromatic carbocycles. The van der Waals surface area contributed by atoms with Gasteiger partial charge in [-0.15, -0.1) is 0 Å². The van der Waals surface area contributed by atoms with Crippen LogP contribution in [0.25, 0.3) is 5.69 Å². The fraction of sp³-hybridized carbons (Fsp3) is 0. The van der Waals surface area contributed by atoms with Crippen molar-refractivity contribution in [3.8, 4) is 11.7 Å². The quantitative estimate of drug-likeness (QED) is 0.485. The second kappa shape index (κ2) is 2.83.